The van der Waals surface area contributed by atoms with Crippen molar-refractivity contribution in [3.63, 3.8) is 0 Å². The second-order valence-corrected chi connectivity index (χ2v) is 7.12. The van der Waals surface area contributed by atoms with E-state index in [2.05, 4.69) is 15.3 Å². The van der Waals surface area contributed by atoms with Gasteiger partial charge in [-0.3, -0.25) is 9.20 Å². The topological polar surface area (TPSA) is 106 Å². The highest BCUT2D eigenvalue weighted by atomic mass is 19.1. The lowest BCUT2D eigenvalue weighted by Gasteiger charge is -2.12. The third-order valence-electron chi connectivity index (χ3n) is 4.94. The molecule has 2 heterocycles. The summed E-state index contributed by atoms with van der Waals surface area (Å²) in [5.41, 5.74) is 8.06. The maximum Gasteiger partial charge on any atom is 0.257 e. The number of rotatable bonds is 4. The summed E-state index contributed by atoms with van der Waals surface area (Å²) >= 11 is 0. The van der Waals surface area contributed by atoms with E-state index in [9.17, 15) is 18.7 Å². The Bertz CT molecular complexity index is 1320. The number of benzene rings is 2. The first-order valence-corrected chi connectivity index (χ1v) is 9.40. The molecule has 0 saturated carbocycles. The van der Waals surface area contributed by atoms with Crippen LogP contribution >= 0.6 is 0 Å². The number of nitrogen functional groups attached to an aromatic ring is 1. The molecule has 4 N–H and O–H groups in total. The summed E-state index contributed by atoms with van der Waals surface area (Å²) in [6, 6.07) is 9.12. The molecule has 0 unspecified atom stereocenters. The number of nitrogens with zero attached hydrogens (tertiary/aromatic N) is 3. The fraction of sp³-hybridized carbons (Fsp3) is 0.136. The summed E-state index contributed by atoms with van der Waals surface area (Å²) in [4.78, 5) is 20.9. The first-order chi connectivity index (χ1) is 14.8. The number of aromatic nitrogens is 3. The highest BCUT2D eigenvalue weighted by molar-refractivity contribution is 5.95. The molecular weight excluding hydrogens is 404 g/mol. The summed E-state index contributed by atoms with van der Waals surface area (Å²) < 4.78 is 30.1. The molecule has 158 valence electrons. The summed E-state index contributed by atoms with van der Waals surface area (Å²) in [5, 5.41) is 12.6. The van der Waals surface area contributed by atoms with Gasteiger partial charge in [0.05, 0.1) is 0 Å². The minimum atomic E-state index is -1.60. The molecule has 0 fully saturated rings. The molecule has 2 aromatic carbocycles. The van der Waals surface area contributed by atoms with Crippen molar-refractivity contribution in [2.45, 2.75) is 20.0 Å². The van der Waals surface area contributed by atoms with Gasteiger partial charge in [0.1, 0.15) is 34.5 Å². The van der Waals surface area contributed by atoms with E-state index in [0.29, 0.717) is 17.0 Å². The van der Waals surface area contributed by atoms with Crippen LogP contribution in [0.5, 0.6) is 0 Å². The largest absolute Gasteiger partial charge is 0.382 e. The minimum absolute atomic E-state index is 0.0906. The van der Waals surface area contributed by atoms with E-state index in [0.717, 1.165) is 17.8 Å². The number of halogens is 2. The molecule has 0 radical (unpaired) electrons. The zero-order chi connectivity index (χ0) is 22.3. The Morgan fingerprint density at radius 1 is 1.19 bits per heavy atom. The van der Waals surface area contributed by atoms with Crippen LogP contribution in [-0.2, 0) is 4.79 Å². The van der Waals surface area contributed by atoms with Gasteiger partial charge in [-0.2, -0.15) is 0 Å². The molecule has 0 aliphatic heterocycles. The number of nitrogens with two attached hydrogens (primary N) is 1. The number of aryl methyl sites for hydroxylation is 2. The van der Waals surface area contributed by atoms with Crippen LogP contribution in [0.25, 0.3) is 16.8 Å². The lowest BCUT2D eigenvalue weighted by molar-refractivity contribution is -0.124. The van der Waals surface area contributed by atoms with Crippen LogP contribution in [0, 0.1) is 25.5 Å². The van der Waals surface area contributed by atoms with Crippen molar-refractivity contribution in [2.75, 3.05) is 11.1 Å². The van der Waals surface area contributed by atoms with Gasteiger partial charge in [0.2, 0.25) is 0 Å². The number of imidazole rings is 1. The Morgan fingerprint density at radius 2 is 1.97 bits per heavy atom. The summed E-state index contributed by atoms with van der Waals surface area (Å²) in [6.07, 6.45) is 0.00620. The van der Waals surface area contributed by atoms with Crippen molar-refractivity contribution in [3.05, 3.63) is 77.4 Å². The minimum Gasteiger partial charge on any atom is -0.382 e. The zero-order valence-corrected chi connectivity index (χ0v) is 16.7. The number of hydrogen-bond acceptors (Lipinski definition) is 5. The van der Waals surface area contributed by atoms with Gasteiger partial charge in [-0.1, -0.05) is 12.1 Å². The van der Waals surface area contributed by atoms with E-state index in [1.165, 1.54) is 30.3 Å². The van der Waals surface area contributed by atoms with Crippen molar-refractivity contribution in [3.8, 4) is 11.3 Å². The van der Waals surface area contributed by atoms with Gasteiger partial charge in [0, 0.05) is 23.1 Å². The molecule has 7 nitrogen and oxygen atoms in total. The highest BCUT2D eigenvalue weighted by Crippen LogP contribution is 2.32. The van der Waals surface area contributed by atoms with Crippen LogP contribution in [0.3, 0.4) is 0 Å². The van der Waals surface area contributed by atoms with E-state index >= 15 is 0 Å². The van der Waals surface area contributed by atoms with Crippen LogP contribution in [0.4, 0.5) is 20.3 Å². The fourth-order valence-corrected chi connectivity index (χ4v) is 3.49. The van der Waals surface area contributed by atoms with Gasteiger partial charge in [0.25, 0.3) is 5.91 Å². The number of fused-ring (bicyclic) bond motifs is 1. The zero-order valence-electron chi connectivity index (χ0n) is 16.7. The standard InChI is InChI=1S/C22H19F2N5O2/c1-11-10-26-21(25)19-18(27-12(2)29(11)19)16-7-6-15(9-17(16)24)28-22(31)20(30)13-4-3-5-14(23)8-13/h3-10,20,30H,1-2H3,(H2,25,26)(H,28,31)/t20-/m0/s1. The van der Waals surface area contributed by atoms with Crippen molar-refractivity contribution in [2.24, 2.45) is 0 Å². The monoisotopic (exact) mass is 423 g/mol. The van der Waals surface area contributed by atoms with Gasteiger partial charge in [-0.25, -0.2) is 18.7 Å². The SMILES string of the molecule is Cc1cnc(N)c2c(-c3ccc(NC(=O)[C@@H](O)c4cccc(F)c4)cc3F)nc(C)n12. The predicted molar refractivity (Wildman–Crippen MR) is 112 cm³/mol. The number of aliphatic hydroxyl groups is 1. The predicted octanol–water partition coefficient (Wildman–Crippen LogP) is 3.55. The average Bonchev–Trinajstić information content (AvgIpc) is 3.08. The number of aliphatic hydroxyl groups excluding tert-OH is 1. The van der Waals surface area contributed by atoms with Gasteiger partial charge >= 0.3 is 0 Å². The quantitative estimate of drug-likeness (QED) is 0.466. The smallest absolute Gasteiger partial charge is 0.257 e. The molecule has 0 saturated heterocycles. The first kappa shape index (κ1) is 20.4. The summed E-state index contributed by atoms with van der Waals surface area (Å²) in [5.74, 6) is -1.18. The molecule has 1 amide bonds. The van der Waals surface area contributed by atoms with E-state index < -0.39 is 23.6 Å². The van der Waals surface area contributed by atoms with Gasteiger partial charge in [-0.15, -0.1) is 0 Å². The molecule has 31 heavy (non-hydrogen) atoms. The Balaban J connectivity index is 1.65. The average molecular weight is 423 g/mol. The Labute approximate surface area is 176 Å². The van der Waals surface area contributed by atoms with Crippen LogP contribution in [0.2, 0.25) is 0 Å². The lowest BCUT2D eigenvalue weighted by atomic mass is 10.1. The van der Waals surface area contributed by atoms with Gasteiger partial charge < -0.3 is 16.2 Å². The fourth-order valence-electron chi connectivity index (χ4n) is 3.49. The van der Waals surface area contributed by atoms with E-state index in [-0.39, 0.29) is 22.6 Å². The normalized spacial score (nSPS) is 12.2. The first-order valence-electron chi connectivity index (χ1n) is 9.40. The van der Waals surface area contributed by atoms with E-state index in [1.54, 1.807) is 17.5 Å². The molecular formula is C22H19F2N5O2. The molecule has 0 spiro atoms. The Kier molecular flexibility index (Phi) is 5.12. The molecule has 9 heteroatoms. The number of carbonyl (C=O) groups excluding carboxylic acids is 1. The van der Waals surface area contributed by atoms with Crippen LogP contribution in [-0.4, -0.2) is 25.4 Å². The number of hydrogen-bond donors (Lipinski definition) is 3. The lowest BCUT2D eigenvalue weighted by Crippen LogP contribution is -2.21. The Morgan fingerprint density at radius 3 is 2.68 bits per heavy atom. The highest BCUT2D eigenvalue weighted by Gasteiger charge is 2.21. The molecule has 0 aliphatic rings. The van der Waals surface area contributed by atoms with Gasteiger partial charge in [0.15, 0.2) is 6.10 Å². The van der Waals surface area contributed by atoms with E-state index in [4.69, 9.17) is 5.73 Å². The Hall–Kier alpha value is -3.85. The molecule has 4 aromatic rings. The molecule has 2 aromatic heterocycles. The van der Waals surface area contributed by atoms with Crippen LogP contribution in [0.15, 0.2) is 48.7 Å². The number of anilines is 2. The maximum absolute atomic E-state index is 15.0. The summed E-state index contributed by atoms with van der Waals surface area (Å²) in [6.45, 7) is 3.63. The third-order valence-corrected chi connectivity index (χ3v) is 4.94. The number of nitrogens with one attached hydrogen (secondary N) is 1. The van der Waals surface area contributed by atoms with Crippen molar-refractivity contribution >= 4 is 22.9 Å². The molecule has 0 bridgehead atoms. The van der Waals surface area contributed by atoms with Crippen molar-refractivity contribution in [1.82, 2.24) is 14.4 Å². The molecule has 4 rings (SSSR count). The second kappa shape index (κ2) is 7.77. The third kappa shape index (κ3) is 3.71. The van der Waals surface area contributed by atoms with Crippen molar-refractivity contribution < 1.29 is 18.7 Å². The number of carbonyl (C=O) groups is 1. The van der Waals surface area contributed by atoms with Gasteiger partial charge in [-0.05, 0) is 49.7 Å². The second-order valence-electron chi connectivity index (χ2n) is 7.12. The van der Waals surface area contributed by atoms with Crippen LogP contribution in [0.1, 0.15) is 23.2 Å². The van der Waals surface area contributed by atoms with Crippen molar-refractivity contribution in [1.29, 1.82) is 0 Å². The summed E-state index contributed by atoms with van der Waals surface area (Å²) in [7, 11) is 0. The molecule has 0 aliphatic carbocycles. The number of amides is 1. The maximum atomic E-state index is 15.0. The molecule has 1 atom stereocenters. The van der Waals surface area contributed by atoms with E-state index in [1.807, 2.05) is 6.92 Å². The van der Waals surface area contributed by atoms with Crippen LogP contribution < -0.4 is 11.1 Å².